The molecule has 42 heavy (non-hydrogen) atoms. The first-order chi connectivity index (χ1) is 20.2. The van der Waals surface area contributed by atoms with Crippen LogP contribution in [0.1, 0.15) is 36.6 Å². The first kappa shape index (κ1) is 30.1. The van der Waals surface area contributed by atoms with Gasteiger partial charge in [-0.1, -0.05) is 58.8 Å². The van der Waals surface area contributed by atoms with Crippen LogP contribution in [0.3, 0.4) is 0 Å². The van der Waals surface area contributed by atoms with Gasteiger partial charge in [0.25, 0.3) is 5.56 Å². The van der Waals surface area contributed by atoms with Crippen molar-refractivity contribution < 1.29 is 19.0 Å². The fourth-order valence-corrected chi connectivity index (χ4v) is 6.60. The molecule has 0 amide bonds. The van der Waals surface area contributed by atoms with Crippen molar-refractivity contribution in [1.29, 1.82) is 0 Å². The number of methoxy groups -OCH3 is 1. The molecule has 2 heterocycles. The molecule has 1 aromatic heterocycles. The molecule has 0 fully saturated rings. The van der Waals surface area contributed by atoms with Gasteiger partial charge >= 0.3 is 5.97 Å². The Kier molecular flexibility index (Phi) is 9.22. The topological polar surface area (TPSA) is 79.1 Å². The van der Waals surface area contributed by atoms with E-state index in [4.69, 9.17) is 37.4 Å². The Morgan fingerprint density at radius 3 is 2.60 bits per heavy atom. The highest BCUT2D eigenvalue weighted by molar-refractivity contribution is 9.10. The van der Waals surface area contributed by atoms with Gasteiger partial charge in [0.2, 0.25) is 0 Å². The standard InChI is InChI=1S/C31H25BrCl2N2O5S/c1-4-40-30(38)27-17(2)35-31-36(28(27)18-9-11-25(39-3)22(32)14-18)29(37)26(42-31)15-20-13-21(33)10-12-24(20)41-16-19-7-5-6-8-23(19)34/h5-15,28H,4,16H2,1-3H3/b26-15+/t28-/m1/s1. The number of thiazole rings is 1. The van der Waals surface area contributed by atoms with E-state index in [9.17, 15) is 9.59 Å². The number of nitrogens with zero attached hydrogens (tertiary/aromatic N) is 2. The predicted octanol–water partition coefficient (Wildman–Crippen LogP) is 6.46. The number of halogens is 3. The fraction of sp³-hybridized carbons (Fsp3) is 0.194. The summed E-state index contributed by atoms with van der Waals surface area (Å²) >= 11 is 17.4. The van der Waals surface area contributed by atoms with E-state index >= 15 is 0 Å². The Morgan fingerprint density at radius 1 is 1.12 bits per heavy atom. The van der Waals surface area contributed by atoms with E-state index in [-0.39, 0.29) is 18.8 Å². The molecule has 1 atom stereocenters. The van der Waals surface area contributed by atoms with Crippen LogP contribution in [-0.4, -0.2) is 24.3 Å². The molecule has 0 radical (unpaired) electrons. The maximum absolute atomic E-state index is 14.0. The lowest BCUT2D eigenvalue weighted by molar-refractivity contribution is -0.139. The van der Waals surface area contributed by atoms with Crippen molar-refractivity contribution in [2.24, 2.45) is 4.99 Å². The Labute approximate surface area is 264 Å². The van der Waals surface area contributed by atoms with Crippen LogP contribution in [0.2, 0.25) is 10.0 Å². The van der Waals surface area contributed by atoms with Gasteiger partial charge in [0.15, 0.2) is 4.80 Å². The number of carbonyl (C=O) groups is 1. The summed E-state index contributed by atoms with van der Waals surface area (Å²) in [6.45, 7) is 3.90. The number of hydrogen-bond acceptors (Lipinski definition) is 7. The van der Waals surface area contributed by atoms with Crippen LogP contribution < -0.4 is 24.4 Å². The van der Waals surface area contributed by atoms with Crippen molar-refractivity contribution in [3.05, 3.63) is 123 Å². The van der Waals surface area contributed by atoms with Crippen LogP contribution in [0, 0.1) is 0 Å². The Balaban J connectivity index is 1.64. The summed E-state index contributed by atoms with van der Waals surface area (Å²) in [5.41, 5.74) is 2.59. The van der Waals surface area contributed by atoms with Crippen LogP contribution in [0.4, 0.5) is 0 Å². The zero-order valence-corrected chi connectivity index (χ0v) is 26.7. The van der Waals surface area contributed by atoms with Gasteiger partial charge in [-0.05, 0) is 77.8 Å². The van der Waals surface area contributed by atoms with E-state index in [1.165, 1.54) is 15.9 Å². The summed E-state index contributed by atoms with van der Waals surface area (Å²) in [5.74, 6) is 0.620. The smallest absolute Gasteiger partial charge is 0.338 e. The quantitative estimate of drug-likeness (QED) is 0.199. The lowest BCUT2D eigenvalue weighted by Crippen LogP contribution is -2.40. The fourth-order valence-electron chi connectivity index (χ4n) is 4.64. The largest absolute Gasteiger partial charge is 0.496 e. The maximum atomic E-state index is 14.0. The molecular formula is C31H25BrCl2N2O5S. The molecule has 0 unspecified atom stereocenters. The first-order valence-corrected chi connectivity index (χ1v) is 15.3. The molecular weight excluding hydrogens is 663 g/mol. The molecule has 1 aliphatic heterocycles. The number of allylic oxidation sites excluding steroid dienone is 1. The highest BCUT2D eigenvalue weighted by atomic mass is 79.9. The predicted molar refractivity (Wildman–Crippen MR) is 168 cm³/mol. The van der Waals surface area contributed by atoms with Gasteiger partial charge in [-0.3, -0.25) is 9.36 Å². The van der Waals surface area contributed by atoms with E-state index < -0.39 is 12.0 Å². The number of ether oxygens (including phenoxy) is 3. The number of hydrogen-bond donors (Lipinski definition) is 0. The third-order valence-electron chi connectivity index (χ3n) is 6.61. The number of rotatable bonds is 8. The Bertz CT molecular complexity index is 1900. The minimum Gasteiger partial charge on any atom is -0.496 e. The normalized spacial score (nSPS) is 14.8. The zero-order valence-electron chi connectivity index (χ0n) is 22.8. The minimum atomic E-state index is -0.764. The lowest BCUT2D eigenvalue weighted by Gasteiger charge is -2.25. The summed E-state index contributed by atoms with van der Waals surface area (Å²) in [6, 6.07) is 17.3. The number of carbonyl (C=O) groups excluding carboxylic acids is 1. The maximum Gasteiger partial charge on any atom is 0.338 e. The number of fused-ring (bicyclic) bond motifs is 1. The number of aromatic nitrogens is 1. The van der Waals surface area contributed by atoms with E-state index in [2.05, 4.69) is 20.9 Å². The average molecular weight is 688 g/mol. The first-order valence-electron chi connectivity index (χ1n) is 12.9. The Hall–Kier alpha value is -3.37. The van der Waals surface area contributed by atoms with Crippen molar-refractivity contribution in [3.8, 4) is 11.5 Å². The number of esters is 1. The molecule has 216 valence electrons. The summed E-state index contributed by atoms with van der Waals surface area (Å²) in [6.07, 6.45) is 1.72. The van der Waals surface area contributed by atoms with Crippen molar-refractivity contribution in [2.75, 3.05) is 13.7 Å². The molecule has 7 nitrogen and oxygen atoms in total. The molecule has 0 bridgehead atoms. The van der Waals surface area contributed by atoms with E-state index in [0.717, 1.165) is 5.56 Å². The third kappa shape index (κ3) is 6.06. The van der Waals surface area contributed by atoms with Crippen LogP contribution in [0.25, 0.3) is 6.08 Å². The SMILES string of the molecule is CCOC(=O)C1=C(C)N=c2s/c(=C/c3cc(Cl)ccc3OCc3ccccc3Cl)c(=O)n2[C@@H]1c1ccc(OC)c(Br)c1. The number of benzene rings is 3. The second-order valence-corrected chi connectivity index (χ2v) is 12.0. The van der Waals surface area contributed by atoms with E-state index in [1.54, 1.807) is 57.4 Å². The molecule has 0 saturated heterocycles. The monoisotopic (exact) mass is 686 g/mol. The van der Waals surface area contributed by atoms with Crippen LogP contribution in [-0.2, 0) is 16.1 Å². The van der Waals surface area contributed by atoms with Gasteiger partial charge < -0.3 is 14.2 Å². The molecule has 0 saturated carbocycles. The van der Waals surface area contributed by atoms with Crippen molar-refractivity contribution in [2.45, 2.75) is 26.5 Å². The summed E-state index contributed by atoms with van der Waals surface area (Å²) < 4.78 is 19.5. The van der Waals surface area contributed by atoms with Gasteiger partial charge in [-0.2, -0.15) is 0 Å². The second-order valence-electron chi connectivity index (χ2n) is 9.26. The van der Waals surface area contributed by atoms with E-state index in [1.807, 2.05) is 30.3 Å². The lowest BCUT2D eigenvalue weighted by atomic mass is 9.96. The van der Waals surface area contributed by atoms with Crippen LogP contribution in [0.15, 0.2) is 86.2 Å². The molecule has 3 aromatic carbocycles. The molecule has 0 N–H and O–H groups in total. The molecule has 4 aromatic rings. The minimum absolute atomic E-state index is 0.185. The van der Waals surface area contributed by atoms with Crippen LogP contribution >= 0.6 is 50.5 Å². The van der Waals surface area contributed by atoms with Crippen molar-refractivity contribution in [3.63, 3.8) is 0 Å². The average Bonchev–Trinajstić information content (AvgIpc) is 3.26. The van der Waals surface area contributed by atoms with Gasteiger partial charge in [-0.15, -0.1) is 0 Å². The summed E-state index contributed by atoms with van der Waals surface area (Å²) in [5, 5.41) is 1.08. The summed E-state index contributed by atoms with van der Waals surface area (Å²) in [4.78, 5) is 32.3. The molecule has 0 spiro atoms. The van der Waals surface area contributed by atoms with Crippen LogP contribution in [0.5, 0.6) is 11.5 Å². The molecule has 5 rings (SSSR count). The third-order valence-corrected chi connectivity index (χ3v) is 8.81. The molecule has 0 aliphatic carbocycles. The van der Waals surface area contributed by atoms with Gasteiger partial charge in [0, 0.05) is 21.2 Å². The van der Waals surface area contributed by atoms with E-state index in [0.29, 0.717) is 57.7 Å². The van der Waals surface area contributed by atoms with Gasteiger partial charge in [0.05, 0.1) is 40.0 Å². The van der Waals surface area contributed by atoms with Gasteiger partial charge in [-0.25, -0.2) is 9.79 Å². The zero-order chi connectivity index (χ0) is 30.0. The highest BCUT2D eigenvalue weighted by Gasteiger charge is 2.33. The van der Waals surface area contributed by atoms with Crippen molar-refractivity contribution in [1.82, 2.24) is 4.57 Å². The summed E-state index contributed by atoms with van der Waals surface area (Å²) in [7, 11) is 1.57. The molecule has 11 heteroatoms. The Morgan fingerprint density at radius 2 is 1.88 bits per heavy atom. The second kappa shape index (κ2) is 12.9. The molecule has 1 aliphatic rings. The van der Waals surface area contributed by atoms with Gasteiger partial charge in [0.1, 0.15) is 18.1 Å². The highest BCUT2D eigenvalue weighted by Crippen LogP contribution is 2.35. The van der Waals surface area contributed by atoms with Crippen molar-refractivity contribution >= 4 is 62.5 Å².